The van der Waals surface area contributed by atoms with Gasteiger partial charge in [-0.05, 0) is 44.4 Å². The number of rotatable bonds is 5. The number of carbonyl (C=O) groups is 2. The molecule has 27 heavy (non-hydrogen) atoms. The fraction of sp³-hybridized carbons (Fsp3) is 0.600. The molecule has 5 nitrogen and oxygen atoms in total. The van der Waals surface area contributed by atoms with E-state index in [1.54, 1.807) is 0 Å². The first-order valence-corrected chi connectivity index (χ1v) is 9.79. The average molecular weight is 379 g/mol. The normalized spacial score (nSPS) is 21.6. The number of hydrogen-bond donors (Lipinski definition) is 2. The lowest BCUT2D eigenvalue weighted by Gasteiger charge is -2.33. The lowest BCUT2D eigenvalue weighted by molar-refractivity contribution is -0.128. The molecule has 1 unspecified atom stereocenters. The Morgan fingerprint density at radius 2 is 1.85 bits per heavy atom. The van der Waals surface area contributed by atoms with E-state index in [2.05, 4.69) is 10.6 Å². The van der Waals surface area contributed by atoms with Crippen molar-refractivity contribution in [1.29, 1.82) is 0 Å². The highest BCUT2D eigenvalue weighted by atomic mass is 19.1. The summed E-state index contributed by atoms with van der Waals surface area (Å²) in [6, 6.07) is 3.23. The molecule has 0 bridgehead atoms. The Morgan fingerprint density at radius 1 is 1.07 bits per heavy atom. The van der Waals surface area contributed by atoms with Crippen LogP contribution in [0.5, 0.6) is 0 Å². The fourth-order valence-corrected chi connectivity index (χ4v) is 3.97. The van der Waals surface area contributed by atoms with E-state index in [0.29, 0.717) is 13.1 Å². The number of nitrogens with one attached hydrogen (secondary N) is 2. The van der Waals surface area contributed by atoms with Crippen LogP contribution in [0.1, 0.15) is 44.9 Å². The summed E-state index contributed by atoms with van der Waals surface area (Å²) in [5, 5.41) is 5.57. The Kier molecular flexibility index (Phi) is 6.77. The first kappa shape index (κ1) is 19.7. The summed E-state index contributed by atoms with van der Waals surface area (Å²) in [6.07, 6.45) is 7.31. The van der Waals surface area contributed by atoms with Gasteiger partial charge in [0.1, 0.15) is 11.6 Å². The summed E-state index contributed by atoms with van der Waals surface area (Å²) in [7, 11) is 0. The number of likely N-dealkylation sites (tertiary alicyclic amines) is 1. The standard InChI is InChI=1S/C20H27F2N3O2/c21-15-8-9-17(22)18(11-15)24-19(26)13-25-10-4-5-14(12-25)20(27)23-16-6-2-1-3-7-16/h8-9,11,14,16H,1-7,10,12-13H2,(H,23,27)(H,24,26). The SMILES string of the molecule is O=C(CN1CCCC(C(=O)NC2CCCCC2)C1)Nc1cc(F)ccc1F. The summed E-state index contributed by atoms with van der Waals surface area (Å²) in [5.74, 6) is -1.74. The van der Waals surface area contributed by atoms with Gasteiger partial charge < -0.3 is 10.6 Å². The third-order valence-corrected chi connectivity index (χ3v) is 5.40. The lowest BCUT2D eigenvalue weighted by atomic mass is 9.93. The second-order valence-electron chi connectivity index (χ2n) is 7.59. The van der Waals surface area contributed by atoms with Gasteiger partial charge in [-0.25, -0.2) is 8.78 Å². The summed E-state index contributed by atoms with van der Waals surface area (Å²) < 4.78 is 26.9. The molecule has 3 rings (SSSR count). The number of amides is 2. The first-order chi connectivity index (χ1) is 13.0. The number of benzene rings is 1. The topological polar surface area (TPSA) is 61.4 Å². The van der Waals surface area contributed by atoms with Gasteiger partial charge in [0.05, 0.1) is 18.2 Å². The molecule has 1 atom stereocenters. The molecule has 0 spiro atoms. The molecule has 1 aliphatic heterocycles. The summed E-state index contributed by atoms with van der Waals surface area (Å²) >= 11 is 0. The summed E-state index contributed by atoms with van der Waals surface area (Å²) in [6.45, 7) is 1.28. The van der Waals surface area contributed by atoms with E-state index in [1.165, 1.54) is 19.3 Å². The van der Waals surface area contributed by atoms with E-state index in [9.17, 15) is 18.4 Å². The van der Waals surface area contributed by atoms with Crippen molar-refractivity contribution in [3.8, 4) is 0 Å². The molecule has 1 saturated heterocycles. The highest BCUT2D eigenvalue weighted by Crippen LogP contribution is 2.21. The van der Waals surface area contributed by atoms with Gasteiger partial charge in [-0.15, -0.1) is 0 Å². The molecular weight excluding hydrogens is 352 g/mol. The van der Waals surface area contributed by atoms with Gasteiger partial charge in [-0.1, -0.05) is 19.3 Å². The van der Waals surface area contributed by atoms with Crippen molar-refractivity contribution in [2.75, 3.05) is 25.0 Å². The first-order valence-electron chi connectivity index (χ1n) is 9.79. The van der Waals surface area contributed by atoms with Crippen molar-refractivity contribution < 1.29 is 18.4 Å². The molecule has 2 amide bonds. The van der Waals surface area contributed by atoms with E-state index in [0.717, 1.165) is 43.9 Å². The molecule has 2 aliphatic rings. The van der Waals surface area contributed by atoms with Crippen molar-refractivity contribution in [1.82, 2.24) is 10.2 Å². The second-order valence-corrected chi connectivity index (χ2v) is 7.59. The highest BCUT2D eigenvalue weighted by molar-refractivity contribution is 5.92. The Morgan fingerprint density at radius 3 is 2.63 bits per heavy atom. The molecule has 2 fully saturated rings. The Labute approximate surface area is 158 Å². The van der Waals surface area contributed by atoms with Gasteiger partial charge in [-0.3, -0.25) is 14.5 Å². The van der Waals surface area contributed by atoms with E-state index in [-0.39, 0.29) is 30.1 Å². The molecule has 7 heteroatoms. The molecule has 0 aromatic heterocycles. The maximum Gasteiger partial charge on any atom is 0.238 e. The quantitative estimate of drug-likeness (QED) is 0.827. The van der Waals surface area contributed by atoms with Crippen LogP contribution in [0, 0.1) is 17.6 Å². The van der Waals surface area contributed by atoms with Gasteiger partial charge in [0.15, 0.2) is 0 Å². The zero-order chi connectivity index (χ0) is 19.2. The van der Waals surface area contributed by atoms with Gasteiger partial charge in [0.2, 0.25) is 11.8 Å². The van der Waals surface area contributed by atoms with Crippen LogP contribution in [0.4, 0.5) is 14.5 Å². The van der Waals surface area contributed by atoms with Gasteiger partial charge in [0, 0.05) is 18.7 Å². The number of hydrogen-bond acceptors (Lipinski definition) is 3. The minimum Gasteiger partial charge on any atom is -0.353 e. The molecule has 1 aromatic rings. The lowest BCUT2D eigenvalue weighted by Crippen LogP contribution is -2.47. The highest BCUT2D eigenvalue weighted by Gasteiger charge is 2.28. The maximum atomic E-state index is 13.7. The van der Waals surface area contributed by atoms with Crippen LogP contribution in [0.15, 0.2) is 18.2 Å². The monoisotopic (exact) mass is 379 g/mol. The molecule has 1 heterocycles. The minimum atomic E-state index is -0.673. The molecule has 1 saturated carbocycles. The van der Waals surface area contributed by atoms with Crippen LogP contribution in [0.25, 0.3) is 0 Å². The largest absolute Gasteiger partial charge is 0.353 e. The Hall–Kier alpha value is -2.02. The van der Waals surface area contributed by atoms with Crippen LogP contribution < -0.4 is 10.6 Å². The number of nitrogens with zero attached hydrogens (tertiary/aromatic N) is 1. The predicted molar refractivity (Wildman–Crippen MR) is 99.2 cm³/mol. The van der Waals surface area contributed by atoms with Crippen molar-refractivity contribution >= 4 is 17.5 Å². The van der Waals surface area contributed by atoms with Crippen molar-refractivity contribution in [2.45, 2.75) is 51.0 Å². The Balaban J connectivity index is 1.49. The van der Waals surface area contributed by atoms with E-state index < -0.39 is 17.5 Å². The third-order valence-electron chi connectivity index (χ3n) is 5.40. The third kappa shape index (κ3) is 5.73. The van der Waals surface area contributed by atoms with Crippen LogP contribution in [-0.4, -0.2) is 42.4 Å². The molecule has 2 N–H and O–H groups in total. The van der Waals surface area contributed by atoms with Crippen molar-refractivity contribution in [3.63, 3.8) is 0 Å². The summed E-state index contributed by atoms with van der Waals surface area (Å²) in [5.41, 5.74) is -0.163. The zero-order valence-corrected chi connectivity index (χ0v) is 15.5. The Bertz CT molecular complexity index is 677. The number of carbonyl (C=O) groups excluding carboxylic acids is 2. The number of halogens is 2. The van der Waals surface area contributed by atoms with Crippen molar-refractivity contribution in [3.05, 3.63) is 29.8 Å². The van der Waals surface area contributed by atoms with Gasteiger partial charge >= 0.3 is 0 Å². The zero-order valence-electron chi connectivity index (χ0n) is 15.5. The van der Waals surface area contributed by atoms with Crippen LogP contribution in [0.3, 0.4) is 0 Å². The number of piperidine rings is 1. The maximum absolute atomic E-state index is 13.7. The predicted octanol–water partition coefficient (Wildman–Crippen LogP) is 3.06. The van der Waals surface area contributed by atoms with E-state index in [1.807, 2.05) is 4.90 Å². The number of anilines is 1. The van der Waals surface area contributed by atoms with Crippen LogP contribution in [-0.2, 0) is 9.59 Å². The van der Waals surface area contributed by atoms with Gasteiger partial charge in [-0.2, -0.15) is 0 Å². The fourth-order valence-electron chi connectivity index (χ4n) is 3.97. The molecular formula is C20H27F2N3O2. The molecule has 0 radical (unpaired) electrons. The molecule has 1 aliphatic carbocycles. The molecule has 1 aromatic carbocycles. The van der Waals surface area contributed by atoms with E-state index in [4.69, 9.17) is 0 Å². The van der Waals surface area contributed by atoms with Crippen LogP contribution >= 0.6 is 0 Å². The average Bonchev–Trinajstić information content (AvgIpc) is 2.65. The van der Waals surface area contributed by atoms with Gasteiger partial charge in [0.25, 0.3) is 0 Å². The summed E-state index contributed by atoms with van der Waals surface area (Å²) in [4.78, 5) is 26.6. The second kappa shape index (κ2) is 9.26. The van der Waals surface area contributed by atoms with Crippen LogP contribution in [0.2, 0.25) is 0 Å². The molecule has 148 valence electrons. The van der Waals surface area contributed by atoms with Crippen molar-refractivity contribution in [2.24, 2.45) is 5.92 Å². The minimum absolute atomic E-state index is 0.0587. The smallest absolute Gasteiger partial charge is 0.238 e. The van der Waals surface area contributed by atoms with E-state index >= 15 is 0 Å².